The van der Waals surface area contributed by atoms with Gasteiger partial charge < -0.3 is 19.7 Å². The van der Waals surface area contributed by atoms with Crippen LogP contribution in [0.5, 0.6) is 0 Å². The van der Waals surface area contributed by atoms with E-state index in [1.165, 1.54) is 5.56 Å². The molecule has 0 spiro atoms. The third-order valence-electron chi connectivity index (χ3n) is 6.79. The largest absolute Gasteiger partial charge is 0.374 e. The summed E-state index contributed by atoms with van der Waals surface area (Å²) in [7, 11) is 0. The second kappa shape index (κ2) is 9.09. The van der Waals surface area contributed by atoms with Crippen LogP contribution in [0, 0.1) is 0 Å². The lowest BCUT2D eigenvalue weighted by Gasteiger charge is -2.49. The lowest BCUT2D eigenvalue weighted by molar-refractivity contribution is -0.157. The number of benzene rings is 2. The Kier molecular flexibility index (Phi) is 6.14. The average molecular weight is 468 g/mol. The highest BCUT2D eigenvalue weighted by Crippen LogP contribution is 2.34. The molecule has 3 aliphatic heterocycles. The van der Waals surface area contributed by atoms with Crippen molar-refractivity contribution < 1.29 is 23.5 Å². The number of likely N-dealkylation sites (tertiary alicyclic amines) is 1. The third-order valence-corrected chi connectivity index (χ3v) is 6.79. The van der Waals surface area contributed by atoms with Gasteiger partial charge in [0.2, 0.25) is 0 Å². The first-order valence-corrected chi connectivity index (χ1v) is 11.7. The number of halogens is 1. The molecule has 7 nitrogen and oxygen atoms in total. The first kappa shape index (κ1) is 23.0. The van der Waals surface area contributed by atoms with Gasteiger partial charge in [0.15, 0.2) is 5.67 Å². The van der Waals surface area contributed by atoms with Gasteiger partial charge in [-0.2, -0.15) is 0 Å². The molecule has 3 saturated heterocycles. The minimum Gasteiger partial charge on any atom is -0.374 e. The third kappa shape index (κ3) is 4.71. The van der Waals surface area contributed by atoms with E-state index in [1.807, 2.05) is 25.1 Å². The molecule has 3 aliphatic rings. The van der Waals surface area contributed by atoms with Crippen LogP contribution < -0.4 is 5.32 Å². The van der Waals surface area contributed by atoms with Crippen LogP contribution in [0.25, 0.3) is 0 Å². The number of morpholine rings is 1. The van der Waals surface area contributed by atoms with Gasteiger partial charge in [-0.15, -0.1) is 0 Å². The molecule has 0 aromatic heterocycles. The fourth-order valence-electron chi connectivity index (χ4n) is 4.81. The molecule has 5 rings (SSSR count). The molecule has 0 radical (unpaired) electrons. The molecule has 2 aromatic rings. The number of carbonyl (C=O) groups excluding carboxylic acids is 2. The number of ether oxygens (including phenoxy) is 2. The maximum Gasteiger partial charge on any atom is 0.253 e. The van der Waals surface area contributed by atoms with Crippen molar-refractivity contribution >= 4 is 11.8 Å². The minimum atomic E-state index is -1.52. The van der Waals surface area contributed by atoms with Gasteiger partial charge in [0.05, 0.1) is 25.4 Å². The van der Waals surface area contributed by atoms with E-state index in [0.717, 1.165) is 13.1 Å². The molecule has 34 heavy (non-hydrogen) atoms. The van der Waals surface area contributed by atoms with E-state index in [2.05, 4.69) is 22.3 Å². The van der Waals surface area contributed by atoms with E-state index >= 15 is 0 Å². The van der Waals surface area contributed by atoms with Crippen molar-refractivity contribution in [3.63, 3.8) is 0 Å². The number of nitrogens with one attached hydrogen (secondary N) is 1. The summed E-state index contributed by atoms with van der Waals surface area (Å²) in [6, 6.07) is 16.8. The smallest absolute Gasteiger partial charge is 0.253 e. The normalized spacial score (nSPS) is 23.5. The number of alkyl halides is 1. The molecule has 3 fully saturated rings. The Morgan fingerprint density at radius 3 is 2.59 bits per heavy atom. The lowest BCUT2D eigenvalue weighted by atomic mass is 9.90. The summed E-state index contributed by atoms with van der Waals surface area (Å²) in [6.45, 7) is 5.41. The van der Waals surface area contributed by atoms with E-state index in [0.29, 0.717) is 37.4 Å². The van der Waals surface area contributed by atoms with Gasteiger partial charge in [-0.3, -0.25) is 14.5 Å². The number of carbonyl (C=O) groups is 2. The van der Waals surface area contributed by atoms with Crippen molar-refractivity contribution in [2.45, 2.75) is 30.8 Å². The zero-order valence-corrected chi connectivity index (χ0v) is 19.3. The molecule has 1 N–H and O–H groups in total. The van der Waals surface area contributed by atoms with Crippen molar-refractivity contribution in [3.05, 3.63) is 71.3 Å². The summed E-state index contributed by atoms with van der Waals surface area (Å²) in [5, 5.41) is 3.02. The van der Waals surface area contributed by atoms with E-state index in [1.54, 1.807) is 29.2 Å². The van der Waals surface area contributed by atoms with Gasteiger partial charge in [-0.25, -0.2) is 4.39 Å². The Morgan fingerprint density at radius 1 is 1.12 bits per heavy atom. The zero-order chi connectivity index (χ0) is 23.8. The standard InChI is InChI=1S/C26H30FN3O4/c1-25(28-23(31)20-8-5-9-21(12-20)26(27)17-33-18-26)15-30(16-25)24(32)22-14-29(10-11-34-22)13-19-6-3-2-4-7-19/h2-9,12,22H,10-11,13-18H2,1H3,(H,28,31). The fraction of sp³-hybridized carbons (Fsp3) is 0.462. The lowest BCUT2D eigenvalue weighted by Crippen LogP contribution is -2.71. The predicted molar refractivity (Wildman–Crippen MR) is 124 cm³/mol. The summed E-state index contributed by atoms with van der Waals surface area (Å²) in [5.41, 5.74) is 0.0149. The maximum atomic E-state index is 14.6. The molecule has 180 valence electrons. The van der Waals surface area contributed by atoms with Gasteiger partial charge in [0.25, 0.3) is 11.8 Å². The highest BCUT2D eigenvalue weighted by molar-refractivity contribution is 5.95. The van der Waals surface area contributed by atoms with Crippen LogP contribution in [-0.2, 0) is 26.5 Å². The number of amides is 2. The van der Waals surface area contributed by atoms with Crippen LogP contribution >= 0.6 is 0 Å². The molecule has 8 heteroatoms. The Bertz CT molecular complexity index is 1050. The van der Waals surface area contributed by atoms with Crippen LogP contribution in [0.15, 0.2) is 54.6 Å². The van der Waals surface area contributed by atoms with Crippen molar-refractivity contribution in [1.29, 1.82) is 0 Å². The highest BCUT2D eigenvalue weighted by atomic mass is 19.1. The Labute approximate surface area is 198 Å². The Hall–Kier alpha value is -2.81. The SMILES string of the molecule is CC1(NC(=O)c2cccc(C3(F)COC3)c2)CN(C(=O)C2CN(Cc3ccccc3)CCO2)C1. The van der Waals surface area contributed by atoms with Gasteiger partial charge in [0.1, 0.15) is 6.10 Å². The number of hydrogen-bond donors (Lipinski definition) is 1. The average Bonchev–Trinajstić information content (AvgIpc) is 2.81. The topological polar surface area (TPSA) is 71.1 Å². The quantitative estimate of drug-likeness (QED) is 0.705. The number of rotatable bonds is 6. The Morgan fingerprint density at radius 2 is 1.88 bits per heavy atom. The summed E-state index contributed by atoms with van der Waals surface area (Å²) in [5.74, 6) is -0.320. The van der Waals surface area contributed by atoms with Crippen molar-refractivity contribution in [2.24, 2.45) is 0 Å². The van der Waals surface area contributed by atoms with Crippen LogP contribution in [0.4, 0.5) is 4.39 Å². The van der Waals surface area contributed by atoms with Gasteiger partial charge >= 0.3 is 0 Å². The zero-order valence-electron chi connectivity index (χ0n) is 19.3. The summed E-state index contributed by atoms with van der Waals surface area (Å²) < 4.78 is 25.4. The van der Waals surface area contributed by atoms with E-state index in [4.69, 9.17) is 9.47 Å². The van der Waals surface area contributed by atoms with Crippen LogP contribution in [0.2, 0.25) is 0 Å². The highest BCUT2D eigenvalue weighted by Gasteiger charge is 2.45. The minimum absolute atomic E-state index is 0.0128. The van der Waals surface area contributed by atoms with Crippen molar-refractivity contribution in [2.75, 3.05) is 46.0 Å². The molecular formula is C26H30FN3O4. The van der Waals surface area contributed by atoms with Crippen LogP contribution in [-0.4, -0.2) is 79.3 Å². The van der Waals surface area contributed by atoms with Crippen molar-refractivity contribution in [3.8, 4) is 0 Å². The maximum absolute atomic E-state index is 14.6. The molecule has 2 amide bonds. The molecule has 1 atom stereocenters. The summed E-state index contributed by atoms with van der Waals surface area (Å²) in [4.78, 5) is 29.8. The van der Waals surface area contributed by atoms with Gasteiger partial charge in [-0.05, 0) is 30.2 Å². The number of hydrogen-bond acceptors (Lipinski definition) is 5. The molecule has 0 bridgehead atoms. The molecule has 3 heterocycles. The molecule has 1 unspecified atom stereocenters. The summed E-state index contributed by atoms with van der Waals surface area (Å²) in [6.07, 6.45) is -0.500. The van der Waals surface area contributed by atoms with Crippen LogP contribution in [0.3, 0.4) is 0 Å². The van der Waals surface area contributed by atoms with E-state index in [-0.39, 0.29) is 25.0 Å². The molecule has 0 saturated carbocycles. The van der Waals surface area contributed by atoms with Crippen LogP contribution in [0.1, 0.15) is 28.4 Å². The van der Waals surface area contributed by atoms with Gasteiger partial charge in [0, 0.05) is 38.3 Å². The Balaban J connectivity index is 1.14. The molecule has 2 aromatic carbocycles. The van der Waals surface area contributed by atoms with Crippen molar-refractivity contribution in [1.82, 2.24) is 15.1 Å². The molecular weight excluding hydrogens is 437 g/mol. The second-order valence-corrected chi connectivity index (χ2v) is 9.83. The first-order chi connectivity index (χ1) is 16.3. The van der Waals surface area contributed by atoms with E-state index < -0.39 is 17.3 Å². The van der Waals surface area contributed by atoms with E-state index in [9.17, 15) is 14.0 Å². The first-order valence-electron chi connectivity index (χ1n) is 11.7. The monoisotopic (exact) mass is 467 g/mol. The second-order valence-electron chi connectivity index (χ2n) is 9.83. The van der Waals surface area contributed by atoms with Gasteiger partial charge in [-0.1, -0.05) is 42.5 Å². The fourth-order valence-corrected chi connectivity index (χ4v) is 4.81. The number of nitrogens with zero attached hydrogens (tertiary/aromatic N) is 2. The summed E-state index contributed by atoms with van der Waals surface area (Å²) >= 11 is 0. The predicted octanol–water partition coefficient (Wildman–Crippen LogP) is 2.11. The molecule has 0 aliphatic carbocycles.